The summed E-state index contributed by atoms with van der Waals surface area (Å²) in [4.78, 5) is 9.93. The first kappa shape index (κ1) is 15.9. The summed E-state index contributed by atoms with van der Waals surface area (Å²) >= 11 is 2.44. The molecule has 1 N–H and O–H groups in total. The average Bonchev–Trinajstić information content (AvgIpc) is 2.00. The van der Waals surface area contributed by atoms with Crippen LogP contribution in [0, 0.1) is 0 Å². The van der Waals surface area contributed by atoms with Gasteiger partial charge in [-0.05, 0) is 12.8 Å². The van der Waals surface area contributed by atoms with Gasteiger partial charge in [-0.3, -0.25) is 4.57 Å². The molecule has 0 unspecified atom stereocenters. The lowest BCUT2D eigenvalue weighted by Gasteiger charge is -2.29. The predicted octanol–water partition coefficient (Wildman–Crippen LogP) is 4.93. The quantitative estimate of drug-likeness (QED) is 0.694. The second kappa shape index (κ2) is 5.48. The van der Waals surface area contributed by atoms with Crippen LogP contribution in [0.3, 0.4) is 0 Å². The van der Waals surface area contributed by atoms with Crippen molar-refractivity contribution in [2.24, 2.45) is 0 Å². The zero-order valence-corrected chi connectivity index (χ0v) is 13.1. The van der Waals surface area contributed by atoms with E-state index in [0.717, 1.165) is 12.8 Å². The van der Waals surface area contributed by atoms with Gasteiger partial charge < -0.3 is 4.89 Å². The topological polar surface area (TPSA) is 37.3 Å². The van der Waals surface area contributed by atoms with Gasteiger partial charge in [-0.15, -0.1) is 0 Å². The Labute approximate surface area is 102 Å². The largest absolute Gasteiger partial charge is 0.329 e. The van der Waals surface area contributed by atoms with Crippen molar-refractivity contribution in [1.82, 2.24) is 0 Å². The molecule has 0 radical (unpaired) electrons. The van der Waals surface area contributed by atoms with Crippen LogP contribution in [0.5, 0.6) is 0 Å². The van der Waals surface area contributed by atoms with Gasteiger partial charge >= 0.3 is 5.77 Å². The van der Waals surface area contributed by atoms with Gasteiger partial charge in [-0.1, -0.05) is 64.3 Å². The fourth-order valence-electron chi connectivity index (χ4n) is 0.772. The lowest BCUT2D eigenvalue weighted by atomic mass is 10.1. The van der Waals surface area contributed by atoms with Crippen molar-refractivity contribution < 1.29 is 9.46 Å². The maximum atomic E-state index is 12.0. The molecule has 0 aliphatic heterocycles. The number of rotatable bonds is 6. The van der Waals surface area contributed by atoms with E-state index in [9.17, 15) is 9.46 Å². The van der Waals surface area contributed by atoms with E-state index in [4.69, 9.17) is 0 Å². The SMILES string of the molecule is CCC(C)(C)SP(=O)(O)SC(C)(C)CC. The van der Waals surface area contributed by atoms with Crippen LogP contribution in [0.2, 0.25) is 0 Å². The van der Waals surface area contributed by atoms with Crippen LogP contribution in [0.15, 0.2) is 0 Å². The first-order valence-electron chi connectivity index (χ1n) is 5.28. The van der Waals surface area contributed by atoms with E-state index < -0.39 is 5.77 Å². The Kier molecular flexibility index (Phi) is 5.81. The molecule has 15 heavy (non-hydrogen) atoms. The van der Waals surface area contributed by atoms with Crippen LogP contribution in [0.25, 0.3) is 0 Å². The molecule has 0 aromatic carbocycles. The molecule has 0 spiro atoms. The Morgan fingerprint density at radius 2 is 1.27 bits per heavy atom. The molecule has 0 aromatic heterocycles. The van der Waals surface area contributed by atoms with E-state index in [1.165, 1.54) is 22.8 Å². The summed E-state index contributed by atoms with van der Waals surface area (Å²) in [6, 6.07) is 0. The monoisotopic (exact) mass is 270 g/mol. The highest BCUT2D eigenvalue weighted by molar-refractivity contribution is 8.89. The van der Waals surface area contributed by atoms with Crippen LogP contribution in [0.1, 0.15) is 54.4 Å². The Hall–Kier alpha value is 0.890. The molecule has 0 atom stereocenters. The zero-order chi connectivity index (χ0) is 12.3. The van der Waals surface area contributed by atoms with Crippen LogP contribution < -0.4 is 0 Å². The smallest absolute Gasteiger partial charge is 0.311 e. The van der Waals surface area contributed by atoms with Crippen molar-refractivity contribution in [3.63, 3.8) is 0 Å². The van der Waals surface area contributed by atoms with Crippen molar-refractivity contribution >= 4 is 28.5 Å². The molecule has 2 nitrogen and oxygen atoms in total. The minimum absolute atomic E-state index is 0.124. The number of hydrogen-bond donors (Lipinski definition) is 1. The van der Waals surface area contributed by atoms with Crippen molar-refractivity contribution in [3.05, 3.63) is 0 Å². The highest BCUT2D eigenvalue weighted by Gasteiger charge is 2.35. The third-order valence-corrected chi connectivity index (χ3v) is 10.1. The van der Waals surface area contributed by atoms with Crippen LogP contribution >= 0.6 is 28.5 Å². The average molecular weight is 270 g/mol. The molecule has 0 saturated carbocycles. The highest BCUT2D eigenvalue weighted by atomic mass is 33.1. The molecule has 92 valence electrons. The van der Waals surface area contributed by atoms with Gasteiger partial charge in [-0.25, -0.2) is 0 Å². The van der Waals surface area contributed by atoms with Crippen LogP contribution in [0.4, 0.5) is 0 Å². The van der Waals surface area contributed by atoms with Gasteiger partial charge in [0, 0.05) is 9.49 Å². The van der Waals surface area contributed by atoms with Gasteiger partial charge in [0.25, 0.3) is 0 Å². The maximum Gasteiger partial charge on any atom is 0.311 e. The summed E-state index contributed by atoms with van der Waals surface area (Å²) in [5.74, 6) is -3.14. The van der Waals surface area contributed by atoms with Gasteiger partial charge in [0.2, 0.25) is 0 Å². The highest BCUT2D eigenvalue weighted by Crippen LogP contribution is 2.73. The Morgan fingerprint density at radius 3 is 1.47 bits per heavy atom. The maximum absolute atomic E-state index is 12.0. The standard InChI is InChI=1S/C10H23O2PS2/c1-7-9(3,4)14-13(11,12)15-10(5,6)8-2/h7-8H2,1-6H3,(H,11,12). The van der Waals surface area contributed by atoms with Crippen LogP contribution in [-0.2, 0) is 4.57 Å². The van der Waals surface area contributed by atoms with Gasteiger partial charge in [0.1, 0.15) is 0 Å². The molecule has 0 bridgehead atoms. The molecule has 0 heterocycles. The third kappa shape index (κ3) is 6.93. The molecule has 0 saturated heterocycles. The summed E-state index contributed by atoms with van der Waals surface area (Å²) in [5, 5.41) is 0. The molecule has 0 aliphatic rings. The van der Waals surface area contributed by atoms with Gasteiger partial charge in [0.05, 0.1) is 0 Å². The lowest BCUT2D eigenvalue weighted by molar-refractivity contribution is 0.512. The molecular formula is C10H23O2PS2. The minimum atomic E-state index is -3.14. The van der Waals surface area contributed by atoms with Crippen molar-refractivity contribution in [2.75, 3.05) is 0 Å². The Morgan fingerprint density at radius 1 is 1.00 bits per heavy atom. The first-order valence-corrected chi connectivity index (χ1v) is 9.78. The summed E-state index contributed by atoms with van der Waals surface area (Å²) in [5.41, 5.74) is 0. The van der Waals surface area contributed by atoms with Gasteiger partial charge in [0.15, 0.2) is 0 Å². The molecular weight excluding hydrogens is 247 g/mol. The summed E-state index contributed by atoms with van der Waals surface area (Å²) in [6.45, 7) is 12.1. The number of hydrogen-bond acceptors (Lipinski definition) is 3. The first-order chi connectivity index (χ1) is 6.54. The summed E-state index contributed by atoms with van der Waals surface area (Å²) < 4.78 is 11.8. The van der Waals surface area contributed by atoms with Crippen molar-refractivity contribution in [2.45, 2.75) is 63.9 Å². The van der Waals surface area contributed by atoms with Crippen molar-refractivity contribution in [1.29, 1.82) is 0 Å². The lowest BCUT2D eigenvalue weighted by Crippen LogP contribution is -2.14. The normalized spacial score (nSPS) is 14.3. The molecule has 5 heteroatoms. The molecule has 0 aromatic rings. The van der Waals surface area contributed by atoms with Gasteiger partial charge in [-0.2, -0.15) is 0 Å². The molecule has 0 aliphatic carbocycles. The van der Waals surface area contributed by atoms with E-state index in [1.807, 2.05) is 41.5 Å². The second-order valence-corrected chi connectivity index (χ2v) is 13.1. The molecule has 0 rings (SSSR count). The fourth-order valence-corrected chi connectivity index (χ4v) is 10.9. The molecule has 0 amide bonds. The molecule has 0 fully saturated rings. The van der Waals surface area contributed by atoms with E-state index in [-0.39, 0.29) is 9.49 Å². The third-order valence-electron chi connectivity index (χ3n) is 2.43. The second-order valence-electron chi connectivity index (χ2n) is 4.88. The summed E-state index contributed by atoms with van der Waals surface area (Å²) in [7, 11) is 0. The minimum Gasteiger partial charge on any atom is -0.329 e. The Balaban J connectivity index is 4.51. The van der Waals surface area contributed by atoms with E-state index in [2.05, 4.69) is 0 Å². The van der Waals surface area contributed by atoms with Crippen LogP contribution in [-0.4, -0.2) is 14.4 Å². The predicted molar refractivity (Wildman–Crippen MR) is 73.7 cm³/mol. The fraction of sp³-hybridized carbons (Fsp3) is 1.00. The van der Waals surface area contributed by atoms with E-state index >= 15 is 0 Å². The zero-order valence-electron chi connectivity index (χ0n) is 10.5. The van der Waals surface area contributed by atoms with Crippen molar-refractivity contribution in [3.8, 4) is 0 Å². The van der Waals surface area contributed by atoms with E-state index in [1.54, 1.807) is 0 Å². The summed E-state index contributed by atoms with van der Waals surface area (Å²) in [6.07, 6.45) is 1.80. The Bertz CT molecular complexity index is 230. The van der Waals surface area contributed by atoms with E-state index in [0.29, 0.717) is 0 Å².